The molecule has 0 saturated heterocycles. The van der Waals surface area contributed by atoms with Gasteiger partial charge in [-0.15, -0.1) is 10.6 Å². The number of benzene rings is 1. The predicted molar refractivity (Wildman–Crippen MR) is 102 cm³/mol. The standard InChI is InChI=1S/C15H19ClF2N6O4S/c1-2-24-15(20-22-23-24)19-13(25)9-5-6-10(28-14(17)18)12(11(9)16)21-29(26,27)7-8-3-4-8/h5-6,8,14,21-23H,2-4,7H2,1H3,(H,19,20,25). The smallest absolute Gasteiger partial charge is 0.387 e. The fourth-order valence-corrected chi connectivity index (χ4v) is 4.46. The minimum Gasteiger partial charge on any atom is -0.433 e. The Kier molecular flexibility index (Phi) is 6.29. The number of hydrogen-bond donors (Lipinski definition) is 4. The first-order chi connectivity index (χ1) is 13.7. The Hall–Kier alpha value is -2.38. The average molecular weight is 453 g/mol. The Balaban J connectivity index is 1.89. The third-order valence-electron chi connectivity index (χ3n) is 4.12. The summed E-state index contributed by atoms with van der Waals surface area (Å²) in [5.74, 6) is -1.22. The van der Waals surface area contributed by atoms with Crippen LogP contribution in [0.25, 0.3) is 0 Å². The molecule has 2 aliphatic rings. The van der Waals surface area contributed by atoms with Crippen molar-refractivity contribution in [2.45, 2.75) is 26.4 Å². The zero-order valence-corrected chi connectivity index (χ0v) is 16.8. The van der Waals surface area contributed by atoms with Gasteiger partial charge in [0, 0.05) is 6.54 Å². The Bertz CT molecular complexity index is 926. The summed E-state index contributed by atoms with van der Waals surface area (Å²) < 4.78 is 56.7. The Morgan fingerprint density at radius 1 is 1.45 bits per heavy atom. The van der Waals surface area contributed by atoms with Crippen molar-refractivity contribution in [3.63, 3.8) is 0 Å². The lowest BCUT2D eigenvalue weighted by molar-refractivity contribution is -0.0493. The summed E-state index contributed by atoms with van der Waals surface area (Å²) in [6.07, 6.45) is 1.55. The van der Waals surface area contributed by atoms with Crippen molar-refractivity contribution in [1.29, 1.82) is 0 Å². The molecule has 4 N–H and O–H groups in total. The number of amides is 1. The number of hydrazone groups is 1. The molecule has 1 aromatic carbocycles. The molecule has 0 radical (unpaired) electrons. The van der Waals surface area contributed by atoms with Crippen LogP contribution in [-0.2, 0) is 10.0 Å². The number of guanidine groups is 1. The minimum atomic E-state index is -3.87. The third-order valence-corrected chi connectivity index (χ3v) is 5.94. The number of alkyl halides is 2. The van der Waals surface area contributed by atoms with Crippen molar-refractivity contribution >= 4 is 39.2 Å². The molecule has 10 nitrogen and oxygen atoms in total. The summed E-state index contributed by atoms with van der Waals surface area (Å²) >= 11 is 6.21. The number of hydrogen-bond acceptors (Lipinski definition) is 8. The normalized spacial score (nSPS) is 16.4. The maximum atomic E-state index is 12.7. The van der Waals surface area contributed by atoms with Crippen LogP contribution in [0.4, 0.5) is 14.5 Å². The van der Waals surface area contributed by atoms with Gasteiger partial charge in [-0.3, -0.25) is 19.8 Å². The van der Waals surface area contributed by atoms with Crippen LogP contribution in [0.2, 0.25) is 5.02 Å². The number of carbonyl (C=O) groups excluding carboxylic acids is 1. The zero-order valence-electron chi connectivity index (χ0n) is 15.2. The molecule has 1 heterocycles. The first-order valence-electron chi connectivity index (χ1n) is 8.65. The van der Waals surface area contributed by atoms with Crippen LogP contribution >= 0.6 is 11.6 Å². The molecule has 160 valence electrons. The van der Waals surface area contributed by atoms with Gasteiger partial charge in [-0.05, 0) is 37.8 Å². The van der Waals surface area contributed by atoms with Gasteiger partial charge >= 0.3 is 6.61 Å². The lowest BCUT2D eigenvalue weighted by Gasteiger charge is -2.18. The fraction of sp³-hybridized carbons (Fsp3) is 0.467. The van der Waals surface area contributed by atoms with Crippen LogP contribution in [0.3, 0.4) is 0 Å². The van der Waals surface area contributed by atoms with Gasteiger partial charge in [0.1, 0.15) is 5.69 Å². The molecule has 1 saturated carbocycles. The van der Waals surface area contributed by atoms with E-state index >= 15 is 0 Å². The third kappa shape index (κ3) is 5.36. The van der Waals surface area contributed by atoms with Gasteiger partial charge in [0.15, 0.2) is 5.75 Å². The van der Waals surface area contributed by atoms with Gasteiger partial charge in [-0.2, -0.15) is 8.78 Å². The van der Waals surface area contributed by atoms with E-state index in [1.807, 2.05) is 0 Å². The van der Waals surface area contributed by atoms with E-state index in [2.05, 4.69) is 30.9 Å². The van der Waals surface area contributed by atoms with Crippen molar-refractivity contribution in [1.82, 2.24) is 21.4 Å². The number of hydrazine groups is 2. The molecule has 0 spiro atoms. The molecule has 29 heavy (non-hydrogen) atoms. The van der Waals surface area contributed by atoms with Gasteiger partial charge < -0.3 is 4.74 Å². The van der Waals surface area contributed by atoms with E-state index in [1.165, 1.54) is 5.01 Å². The zero-order chi connectivity index (χ0) is 21.2. The van der Waals surface area contributed by atoms with Crippen LogP contribution < -0.4 is 25.8 Å². The minimum absolute atomic E-state index is 0.0117. The quantitative estimate of drug-likeness (QED) is 0.470. The van der Waals surface area contributed by atoms with E-state index in [1.54, 1.807) is 6.92 Å². The predicted octanol–water partition coefficient (Wildman–Crippen LogP) is 1.44. The van der Waals surface area contributed by atoms with Crippen molar-refractivity contribution in [2.24, 2.45) is 11.0 Å². The molecule has 0 atom stereocenters. The summed E-state index contributed by atoms with van der Waals surface area (Å²) in [5, 5.41) is 7.44. The first kappa shape index (κ1) is 21.3. The maximum Gasteiger partial charge on any atom is 0.387 e. The molecule has 1 amide bonds. The highest BCUT2D eigenvalue weighted by molar-refractivity contribution is 7.92. The monoisotopic (exact) mass is 452 g/mol. The lowest BCUT2D eigenvalue weighted by Crippen LogP contribution is -2.47. The van der Waals surface area contributed by atoms with Gasteiger partial charge in [-0.25, -0.2) is 14.0 Å². The van der Waals surface area contributed by atoms with Crippen LogP contribution in [0, 0.1) is 5.92 Å². The van der Waals surface area contributed by atoms with Crippen LogP contribution in [0.15, 0.2) is 17.2 Å². The van der Waals surface area contributed by atoms with E-state index in [9.17, 15) is 22.0 Å². The summed E-state index contributed by atoms with van der Waals surface area (Å²) in [4.78, 5) is 12.6. The second-order valence-corrected chi connectivity index (χ2v) is 8.51. The maximum absolute atomic E-state index is 12.7. The summed E-state index contributed by atoms with van der Waals surface area (Å²) in [5.41, 5.74) is 4.56. The van der Waals surface area contributed by atoms with Gasteiger partial charge in [0.2, 0.25) is 16.0 Å². The Morgan fingerprint density at radius 2 is 2.17 bits per heavy atom. The van der Waals surface area contributed by atoms with Gasteiger partial charge in [0.05, 0.1) is 16.3 Å². The van der Waals surface area contributed by atoms with Gasteiger partial charge in [-0.1, -0.05) is 11.6 Å². The van der Waals surface area contributed by atoms with E-state index < -0.39 is 34.0 Å². The molecule has 1 aromatic rings. The highest BCUT2D eigenvalue weighted by Gasteiger charge is 2.30. The molecule has 1 fully saturated rings. The molecule has 0 bridgehead atoms. The Labute approximate surface area is 170 Å². The number of ether oxygens (including phenoxy) is 1. The second-order valence-electron chi connectivity index (χ2n) is 6.36. The highest BCUT2D eigenvalue weighted by Crippen LogP contribution is 2.38. The highest BCUT2D eigenvalue weighted by atomic mass is 35.5. The fourth-order valence-electron chi connectivity index (χ4n) is 2.56. The van der Waals surface area contributed by atoms with E-state index in [-0.39, 0.29) is 28.2 Å². The largest absolute Gasteiger partial charge is 0.433 e. The summed E-state index contributed by atoms with van der Waals surface area (Å²) in [6.45, 7) is -0.939. The number of halogens is 3. The van der Waals surface area contributed by atoms with Gasteiger partial charge in [0.25, 0.3) is 5.91 Å². The molecule has 3 rings (SSSR count). The van der Waals surface area contributed by atoms with E-state index in [0.717, 1.165) is 25.0 Å². The number of carbonyl (C=O) groups is 1. The second kappa shape index (κ2) is 8.55. The van der Waals surface area contributed by atoms with Crippen molar-refractivity contribution in [3.8, 4) is 5.75 Å². The number of anilines is 1. The summed E-state index contributed by atoms with van der Waals surface area (Å²) in [6, 6.07) is 2.20. The molecule has 1 aliphatic heterocycles. The van der Waals surface area contributed by atoms with E-state index in [0.29, 0.717) is 6.54 Å². The molecule has 0 unspecified atom stereocenters. The number of sulfonamides is 1. The van der Waals surface area contributed by atoms with Crippen LogP contribution in [0.1, 0.15) is 30.1 Å². The molecular formula is C15H19ClF2N6O4S. The molecule has 0 aromatic heterocycles. The number of rotatable bonds is 8. The molecule has 1 aliphatic carbocycles. The van der Waals surface area contributed by atoms with Crippen molar-refractivity contribution in [2.75, 3.05) is 17.0 Å². The van der Waals surface area contributed by atoms with Crippen LogP contribution in [0.5, 0.6) is 5.75 Å². The van der Waals surface area contributed by atoms with Crippen molar-refractivity contribution in [3.05, 3.63) is 22.7 Å². The molecular weight excluding hydrogens is 434 g/mol. The number of nitrogens with one attached hydrogen (secondary N) is 4. The lowest BCUT2D eigenvalue weighted by atomic mass is 10.1. The Morgan fingerprint density at radius 3 is 2.79 bits per heavy atom. The SMILES string of the molecule is CCN1NNN=C1NC(=O)c1ccc(OC(F)F)c(NS(=O)(=O)CC2CC2)c1Cl. The topological polar surface area (TPSA) is 124 Å². The number of nitrogens with zero attached hydrogens (tertiary/aromatic N) is 2. The van der Waals surface area contributed by atoms with E-state index in [4.69, 9.17) is 11.6 Å². The van der Waals surface area contributed by atoms with Crippen LogP contribution in [-0.4, -0.2) is 44.2 Å². The summed E-state index contributed by atoms with van der Waals surface area (Å²) in [7, 11) is -3.87. The average Bonchev–Trinajstić information content (AvgIpc) is 3.32. The van der Waals surface area contributed by atoms with Crippen molar-refractivity contribution < 1.29 is 26.7 Å². The molecule has 14 heteroatoms. The first-order valence-corrected chi connectivity index (χ1v) is 10.7.